The van der Waals surface area contributed by atoms with Gasteiger partial charge in [-0.25, -0.2) is 0 Å². The van der Waals surface area contributed by atoms with Gasteiger partial charge in [0.1, 0.15) is 0 Å². The number of benzene rings is 10. The largest absolute Gasteiger partial charge is 0.309 e. The molecule has 1 unspecified atom stereocenters. The van der Waals surface area contributed by atoms with Crippen molar-refractivity contribution in [3.8, 4) is 55.6 Å². The first-order valence-corrected chi connectivity index (χ1v) is 26.2. The van der Waals surface area contributed by atoms with E-state index in [0.29, 0.717) is 0 Å². The first-order chi connectivity index (χ1) is 35.0. The number of rotatable bonds is 8. The topological polar surface area (TPSA) is 3.24 Å². The number of hydrogen-bond acceptors (Lipinski definition) is 1. The van der Waals surface area contributed by atoms with Gasteiger partial charge in [0.05, 0.1) is 17.1 Å². The van der Waals surface area contributed by atoms with Gasteiger partial charge in [-0.3, -0.25) is 0 Å². The normalized spacial score (nSPS) is 14.5. The van der Waals surface area contributed by atoms with E-state index in [1.165, 1.54) is 94.2 Å². The average molecular weight is 946 g/mol. The third-order valence-corrected chi connectivity index (χ3v) is 15.6. The summed E-state index contributed by atoms with van der Waals surface area (Å²) in [5, 5.41) is 2.47. The van der Waals surface area contributed by atoms with Crippen LogP contribution < -0.4 is 4.90 Å². The summed E-state index contributed by atoms with van der Waals surface area (Å²) in [6.45, 7) is 23.3. The zero-order chi connectivity index (χ0) is 50.9. The first-order valence-electron chi connectivity index (χ1n) is 26.2. The summed E-state index contributed by atoms with van der Waals surface area (Å²) < 4.78 is 0. The van der Waals surface area contributed by atoms with Gasteiger partial charge < -0.3 is 4.90 Å². The molecule has 1 aliphatic carbocycles. The fourth-order valence-corrected chi connectivity index (χ4v) is 11.5. The van der Waals surface area contributed by atoms with Crippen LogP contribution in [0.15, 0.2) is 224 Å². The molecule has 0 amide bonds. The minimum absolute atomic E-state index is 0.0238. The predicted molar refractivity (Wildman–Crippen MR) is 314 cm³/mol. The molecule has 360 valence electrons. The average Bonchev–Trinajstić information content (AvgIpc) is 3.67. The fraction of sp³-hybridized carbons (Fsp3) is 0.194. The Morgan fingerprint density at radius 1 is 0.315 bits per heavy atom. The van der Waals surface area contributed by atoms with Gasteiger partial charge in [0.15, 0.2) is 0 Å². The molecule has 0 spiro atoms. The molecule has 1 heteroatoms. The molecule has 0 saturated carbocycles. The minimum atomic E-state index is -0.334. The summed E-state index contributed by atoms with van der Waals surface area (Å²) in [5.41, 5.74) is 23.0. The molecule has 0 heterocycles. The Hall–Kier alpha value is -7.74. The smallest absolute Gasteiger partial charge is 0.0540 e. The van der Waals surface area contributed by atoms with E-state index < -0.39 is 0 Å². The summed E-state index contributed by atoms with van der Waals surface area (Å²) >= 11 is 0. The number of para-hydroxylation sites is 2. The van der Waals surface area contributed by atoms with Crippen molar-refractivity contribution < 1.29 is 0 Å². The lowest BCUT2D eigenvalue weighted by molar-refractivity contribution is 0.569. The fourth-order valence-electron chi connectivity index (χ4n) is 11.5. The summed E-state index contributed by atoms with van der Waals surface area (Å²) in [6, 6.07) is 84.6. The number of nitrogens with zero attached hydrogens (tertiary/aromatic N) is 1. The van der Waals surface area contributed by atoms with Crippen molar-refractivity contribution >= 4 is 27.8 Å². The highest BCUT2D eigenvalue weighted by Crippen LogP contribution is 2.57. The van der Waals surface area contributed by atoms with Crippen LogP contribution in [0.25, 0.3) is 66.4 Å². The monoisotopic (exact) mass is 946 g/mol. The van der Waals surface area contributed by atoms with E-state index in [0.717, 1.165) is 22.6 Å². The second kappa shape index (κ2) is 18.1. The molecule has 73 heavy (non-hydrogen) atoms. The van der Waals surface area contributed by atoms with Gasteiger partial charge in [-0.2, -0.15) is 0 Å². The SMILES string of the molecule is CC(C)(C)c1cc(-c2cccc3cccc(-c4ccccc4N(c4ccc(C(C)(C)C)cc4-c4ccccc4)c4ccccc4-c4cccc5c4-c4ccccc4C5(C)c4ccccc4)c23)cc(C(C)(C)C)c1. The molecule has 11 rings (SSSR count). The lowest BCUT2D eigenvalue weighted by atomic mass is 9.74. The maximum atomic E-state index is 2.58. The Kier molecular flexibility index (Phi) is 11.8. The van der Waals surface area contributed by atoms with Gasteiger partial charge in [-0.15, -0.1) is 0 Å². The minimum Gasteiger partial charge on any atom is -0.309 e. The van der Waals surface area contributed by atoms with Crippen LogP contribution in [0.5, 0.6) is 0 Å². The molecular formula is C72H67N. The number of fused-ring (bicyclic) bond motifs is 4. The lowest BCUT2D eigenvalue weighted by Crippen LogP contribution is -2.22. The molecule has 0 radical (unpaired) electrons. The van der Waals surface area contributed by atoms with Crippen molar-refractivity contribution in [2.45, 2.75) is 90.9 Å². The Balaban J connectivity index is 1.22. The van der Waals surface area contributed by atoms with Crippen LogP contribution in [0.4, 0.5) is 17.1 Å². The zero-order valence-corrected chi connectivity index (χ0v) is 44.3. The van der Waals surface area contributed by atoms with E-state index in [2.05, 4.69) is 299 Å². The molecule has 0 aromatic heterocycles. The van der Waals surface area contributed by atoms with Crippen LogP contribution in [-0.4, -0.2) is 0 Å². The van der Waals surface area contributed by atoms with E-state index in [9.17, 15) is 0 Å². The van der Waals surface area contributed by atoms with Crippen LogP contribution >= 0.6 is 0 Å². The van der Waals surface area contributed by atoms with Gasteiger partial charge in [-0.05, 0) is 131 Å². The van der Waals surface area contributed by atoms with Crippen molar-refractivity contribution in [1.82, 2.24) is 0 Å². The van der Waals surface area contributed by atoms with Crippen molar-refractivity contribution in [2.24, 2.45) is 0 Å². The molecule has 10 aromatic rings. The van der Waals surface area contributed by atoms with E-state index in [4.69, 9.17) is 0 Å². The van der Waals surface area contributed by atoms with Crippen LogP contribution in [0.1, 0.15) is 103 Å². The molecule has 1 aliphatic rings. The predicted octanol–water partition coefficient (Wildman–Crippen LogP) is 20.2. The Morgan fingerprint density at radius 3 is 1.40 bits per heavy atom. The van der Waals surface area contributed by atoms with Crippen molar-refractivity contribution in [2.75, 3.05) is 4.90 Å². The molecule has 10 aromatic carbocycles. The summed E-state index contributed by atoms with van der Waals surface area (Å²) in [6.07, 6.45) is 0. The quantitative estimate of drug-likeness (QED) is 0.147. The standard InChI is InChI=1S/C72H67N/c1-69(2,3)52-42-43-66(61(47-52)48-26-13-11-14-27-48)73(65-41-22-19-33-57(65)59-37-25-39-63-68(59)60-34-17-20-38-62(60)72(63,10)51-30-15-12-16-31-51)64-40-21-18-32-56(64)58-36-24-29-49-28-23-35-55(67(49)58)50-44-53(70(4,5)6)46-54(45-50)71(7,8)9/h11-47H,1-10H3. The van der Waals surface area contributed by atoms with Gasteiger partial charge in [0.25, 0.3) is 0 Å². The van der Waals surface area contributed by atoms with Crippen molar-refractivity contribution in [1.29, 1.82) is 0 Å². The second-order valence-corrected chi connectivity index (χ2v) is 23.5. The van der Waals surface area contributed by atoms with Crippen LogP contribution in [0.2, 0.25) is 0 Å². The van der Waals surface area contributed by atoms with E-state index >= 15 is 0 Å². The third kappa shape index (κ3) is 8.39. The van der Waals surface area contributed by atoms with Gasteiger partial charge in [0, 0.05) is 22.1 Å². The molecular weight excluding hydrogens is 879 g/mol. The van der Waals surface area contributed by atoms with Crippen molar-refractivity contribution in [3.63, 3.8) is 0 Å². The summed E-state index contributed by atoms with van der Waals surface area (Å²) in [5.74, 6) is 0. The third-order valence-electron chi connectivity index (χ3n) is 15.6. The molecule has 0 bridgehead atoms. The Labute approximate surface area is 434 Å². The highest BCUT2D eigenvalue weighted by molar-refractivity contribution is 6.10. The van der Waals surface area contributed by atoms with E-state index in [-0.39, 0.29) is 21.7 Å². The Bertz CT molecular complexity index is 3650. The van der Waals surface area contributed by atoms with E-state index in [1.807, 2.05) is 0 Å². The lowest BCUT2D eigenvalue weighted by Gasteiger charge is -2.33. The first kappa shape index (κ1) is 47.6. The molecule has 1 nitrogen and oxygen atoms in total. The maximum absolute atomic E-state index is 2.58. The maximum Gasteiger partial charge on any atom is 0.0540 e. The highest BCUT2D eigenvalue weighted by atomic mass is 15.1. The molecule has 0 aliphatic heterocycles. The van der Waals surface area contributed by atoms with Crippen LogP contribution in [0, 0.1) is 0 Å². The Morgan fingerprint density at radius 2 is 0.781 bits per heavy atom. The van der Waals surface area contributed by atoms with Gasteiger partial charge in [0.2, 0.25) is 0 Å². The van der Waals surface area contributed by atoms with Crippen molar-refractivity contribution in [3.05, 3.63) is 258 Å². The molecule has 0 N–H and O–H groups in total. The summed E-state index contributed by atoms with van der Waals surface area (Å²) in [4.78, 5) is 2.58. The molecule has 1 atom stereocenters. The van der Waals surface area contributed by atoms with Gasteiger partial charge in [-0.1, -0.05) is 263 Å². The molecule has 0 saturated heterocycles. The number of hydrogen-bond donors (Lipinski definition) is 0. The van der Waals surface area contributed by atoms with E-state index in [1.54, 1.807) is 0 Å². The molecule has 0 fully saturated rings. The van der Waals surface area contributed by atoms with Gasteiger partial charge >= 0.3 is 0 Å². The van der Waals surface area contributed by atoms with Crippen LogP contribution in [0.3, 0.4) is 0 Å². The second-order valence-electron chi connectivity index (χ2n) is 23.5. The zero-order valence-electron chi connectivity index (χ0n) is 44.3. The highest BCUT2D eigenvalue weighted by Gasteiger charge is 2.42. The number of anilines is 3. The summed E-state index contributed by atoms with van der Waals surface area (Å²) in [7, 11) is 0. The van der Waals surface area contributed by atoms with Crippen LogP contribution in [-0.2, 0) is 21.7 Å².